The number of benzene rings is 2. The van der Waals surface area contributed by atoms with Gasteiger partial charge in [-0.3, -0.25) is 9.10 Å². The van der Waals surface area contributed by atoms with Crippen LogP contribution in [0, 0.1) is 6.92 Å². The van der Waals surface area contributed by atoms with E-state index >= 15 is 0 Å². The number of nitrogens with zero attached hydrogens (tertiary/aromatic N) is 1. The summed E-state index contributed by atoms with van der Waals surface area (Å²) in [5.74, 6) is 0.245. The van der Waals surface area contributed by atoms with Crippen molar-refractivity contribution in [2.45, 2.75) is 58.9 Å². The molecule has 2 aromatic carbocycles. The van der Waals surface area contributed by atoms with Crippen molar-refractivity contribution < 1.29 is 13.2 Å². The Morgan fingerprint density at radius 2 is 1.63 bits per heavy atom. The molecule has 0 saturated heterocycles. The molecule has 1 N–H and O–H groups in total. The van der Waals surface area contributed by atoms with Gasteiger partial charge in [0.15, 0.2) is 0 Å². The highest BCUT2D eigenvalue weighted by molar-refractivity contribution is 7.92. The van der Waals surface area contributed by atoms with Crippen LogP contribution in [0.2, 0.25) is 0 Å². The maximum Gasteiger partial charge on any atom is 0.243 e. The summed E-state index contributed by atoms with van der Waals surface area (Å²) in [5, 5.41) is 2.92. The van der Waals surface area contributed by atoms with E-state index < -0.39 is 16.1 Å². The van der Waals surface area contributed by atoms with E-state index in [2.05, 4.69) is 43.4 Å². The van der Waals surface area contributed by atoms with Crippen molar-refractivity contribution in [3.8, 4) is 0 Å². The Kier molecular flexibility index (Phi) is 8.47. The lowest BCUT2D eigenvalue weighted by Crippen LogP contribution is -2.49. The first-order chi connectivity index (χ1) is 14.1. The first kappa shape index (κ1) is 23.9. The van der Waals surface area contributed by atoms with E-state index in [-0.39, 0.29) is 5.91 Å². The molecular weight excluding hydrogens is 396 g/mol. The Morgan fingerprint density at radius 1 is 1.03 bits per heavy atom. The first-order valence-corrected chi connectivity index (χ1v) is 12.4. The Bertz CT molecular complexity index is 920. The number of rotatable bonds is 10. The van der Waals surface area contributed by atoms with Crippen LogP contribution in [0.15, 0.2) is 48.5 Å². The molecule has 0 spiro atoms. The molecule has 1 amide bonds. The molecule has 0 fully saturated rings. The molecular formula is C24H34N2O3S. The van der Waals surface area contributed by atoms with E-state index in [1.807, 2.05) is 26.0 Å². The normalized spacial score (nSPS) is 12.6. The summed E-state index contributed by atoms with van der Waals surface area (Å²) in [4.78, 5) is 12.8. The molecule has 5 nitrogen and oxygen atoms in total. The van der Waals surface area contributed by atoms with Crippen molar-refractivity contribution in [1.82, 2.24) is 5.32 Å². The maximum atomic E-state index is 12.8. The summed E-state index contributed by atoms with van der Waals surface area (Å²) in [6.45, 7) is 8.62. The van der Waals surface area contributed by atoms with Crippen molar-refractivity contribution in [3.63, 3.8) is 0 Å². The second-order valence-electron chi connectivity index (χ2n) is 8.11. The first-order valence-electron chi connectivity index (χ1n) is 10.6. The average molecular weight is 431 g/mol. The van der Waals surface area contributed by atoms with Gasteiger partial charge in [-0.1, -0.05) is 62.7 Å². The third-order valence-electron chi connectivity index (χ3n) is 5.21. The zero-order valence-electron chi connectivity index (χ0n) is 18.7. The molecule has 0 bridgehead atoms. The second-order valence-corrected chi connectivity index (χ2v) is 9.97. The lowest BCUT2D eigenvalue weighted by atomic mass is 10.0. The highest BCUT2D eigenvalue weighted by Gasteiger charge is 2.31. The minimum absolute atomic E-state index is 0.265. The van der Waals surface area contributed by atoms with E-state index in [0.717, 1.165) is 24.7 Å². The average Bonchev–Trinajstić information content (AvgIpc) is 2.69. The molecule has 2 rings (SSSR count). The Hall–Kier alpha value is -2.34. The number of carbonyl (C=O) groups is 1. The molecule has 30 heavy (non-hydrogen) atoms. The number of hydrogen-bond acceptors (Lipinski definition) is 3. The maximum absolute atomic E-state index is 12.8. The van der Waals surface area contributed by atoms with Gasteiger partial charge in [-0.15, -0.1) is 0 Å². The summed E-state index contributed by atoms with van der Waals surface area (Å²) >= 11 is 0. The zero-order chi connectivity index (χ0) is 22.3. The Morgan fingerprint density at radius 3 is 2.13 bits per heavy atom. The van der Waals surface area contributed by atoms with E-state index in [0.29, 0.717) is 24.6 Å². The van der Waals surface area contributed by atoms with Crippen LogP contribution in [0.3, 0.4) is 0 Å². The fraction of sp³-hybridized carbons (Fsp3) is 0.458. The molecule has 1 atom stereocenters. The predicted octanol–water partition coefficient (Wildman–Crippen LogP) is 4.41. The highest BCUT2D eigenvalue weighted by atomic mass is 32.2. The van der Waals surface area contributed by atoms with Gasteiger partial charge in [-0.25, -0.2) is 8.42 Å². The van der Waals surface area contributed by atoms with Crippen LogP contribution in [0.5, 0.6) is 0 Å². The van der Waals surface area contributed by atoms with Gasteiger partial charge in [0, 0.05) is 6.54 Å². The van der Waals surface area contributed by atoms with Crippen LogP contribution in [-0.4, -0.2) is 33.2 Å². The largest absolute Gasteiger partial charge is 0.354 e. The van der Waals surface area contributed by atoms with Crippen molar-refractivity contribution >= 4 is 21.6 Å². The van der Waals surface area contributed by atoms with E-state index in [9.17, 15) is 13.2 Å². The topological polar surface area (TPSA) is 66.5 Å². The van der Waals surface area contributed by atoms with Crippen LogP contribution in [0.1, 0.15) is 56.2 Å². The summed E-state index contributed by atoms with van der Waals surface area (Å²) in [6, 6.07) is 15.0. The van der Waals surface area contributed by atoms with Crippen molar-refractivity contribution in [2.75, 3.05) is 17.1 Å². The van der Waals surface area contributed by atoms with Gasteiger partial charge in [0.2, 0.25) is 15.9 Å². The molecule has 0 heterocycles. The molecule has 0 aromatic heterocycles. The van der Waals surface area contributed by atoms with E-state index in [1.165, 1.54) is 15.4 Å². The molecule has 6 heteroatoms. The van der Waals surface area contributed by atoms with Gasteiger partial charge in [0.05, 0.1) is 11.9 Å². The van der Waals surface area contributed by atoms with Crippen LogP contribution in [0.25, 0.3) is 0 Å². The Labute approximate surface area is 181 Å². The van der Waals surface area contributed by atoms with Crippen molar-refractivity contribution in [1.29, 1.82) is 0 Å². The molecule has 0 unspecified atom stereocenters. The minimum atomic E-state index is -3.60. The van der Waals surface area contributed by atoms with Crippen LogP contribution >= 0.6 is 0 Å². The van der Waals surface area contributed by atoms with Gasteiger partial charge in [0.1, 0.15) is 6.04 Å². The van der Waals surface area contributed by atoms with Crippen LogP contribution < -0.4 is 9.62 Å². The standard InChI is InChI=1S/C24H34N2O3S/c1-6-23(26(30(5,28)29)22-15-9-19(4)10-16-22)24(27)25-17-7-8-20-11-13-21(14-12-20)18(2)3/h9-16,18,23H,6-8,17H2,1-5H3,(H,25,27)/t23-/m0/s1. The number of amides is 1. The summed E-state index contributed by atoms with van der Waals surface area (Å²) < 4.78 is 26.1. The molecule has 0 aliphatic carbocycles. The predicted molar refractivity (Wildman–Crippen MR) is 124 cm³/mol. The van der Waals surface area contributed by atoms with Gasteiger partial charge >= 0.3 is 0 Å². The fourth-order valence-electron chi connectivity index (χ4n) is 3.44. The lowest BCUT2D eigenvalue weighted by molar-refractivity contribution is -0.122. The lowest BCUT2D eigenvalue weighted by Gasteiger charge is -2.30. The molecule has 0 saturated carbocycles. The number of hydrogen-bond donors (Lipinski definition) is 1. The summed E-state index contributed by atoms with van der Waals surface area (Å²) in [5.41, 5.74) is 4.09. The van der Waals surface area contributed by atoms with Crippen molar-refractivity contribution in [2.24, 2.45) is 0 Å². The summed E-state index contributed by atoms with van der Waals surface area (Å²) in [6.07, 6.45) is 3.20. The minimum Gasteiger partial charge on any atom is -0.354 e. The van der Waals surface area contributed by atoms with Gasteiger partial charge in [-0.05, 0) is 55.4 Å². The fourth-order valence-corrected chi connectivity index (χ4v) is 4.65. The van der Waals surface area contributed by atoms with E-state index in [4.69, 9.17) is 0 Å². The highest BCUT2D eigenvalue weighted by Crippen LogP contribution is 2.23. The van der Waals surface area contributed by atoms with Crippen LogP contribution in [-0.2, 0) is 21.2 Å². The van der Waals surface area contributed by atoms with Crippen molar-refractivity contribution in [3.05, 3.63) is 65.2 Å². The van der Waals surface area contributed by atoms with Gasteiger partial charge in [-0.2, -0.15) is 0 Å². The third kappa shape index (κ3) is 6.59. The molecule has 0 aliphatic rings. The molecule has 164 valence electrons. The second kappa shape index (κ2) is 10.6. The molecule has 0 radical (unpaired) electrons. The van der Waals surface area contributed by atoms with Crippen LogP contribution in [0.4, 0.5) is 5.69 Å². The van der Waals surface area contributed by atoms with Gasteiger partial charge in [0.25, 0.3) is 0 Å². The Balaban J connectivity index is 1.99. The zero-order valence-corrected chi connectivity index (χ0v) is 19.5. The quantitative estimate of drug-likeness (QED) is 0.568. The summed E-state index contributed by atoms with van der Waals surface area (Å²) in [7, 11) is -3.60. The number of carbonyl (C=O) groups excluding carboxylic acids is 1. The monoisotopic (exact) mass is 430 g/mol. The number of anilines is 1. The molecule has 0 aliphatic heterocycles. The molecule has 2 aromatic rings. The number of nitrogens with one attached hydrogen (secondary N) is 1. The number of sulfonamides is 1. The number of aryl methyl sites for hydroxylation is 2. The van der Waals surface area contributed by atoms with Gasteiger partial charge < -0.3 is 5.32 Å². The smallest absolute Gasteiger partial charge is 0.243 e. The van der Waals surface area contributed by atoms with E-state index in [1.54, 1.807) is 12.1 Å². The third-order valence-corrected chi connectivity index (χ3v) is 6.39. The SMILES string of the molecule is CC[C@@H](C(=O)NCCCc1ccc(C(C)C)cc1)N(c1ccc(C)cc1)S(C)(=O)=O.